The molecule has 0 unspecified atom stereocenters. The Morgan fingerprint density at radius 1 is 1.13 bits per heavy atom. The van der Waals surface area contributed by atoms with Gasteiger partial charge in [-0.15, -0.1) is 0 Å². The normalized spacial score (nSPS) is 14.9. The van der Waals surface area contributed by atoms with Crippen molar-refractivity contribution in [3.63, 3.8) is 0 Å². The number of aliphatic hydroxyl groups excluding tert-OH is 1. The first-order valence-electron chi connectivity index (χ1n) is 11.9. The van der Waals surface area contributed by atoms with Gasteiger partial charge in [-0.1, -0.05) is 11.2 Å². The van der Waals surface area contributed by atoms with E-state index in [9.17, 15) is 31.9 Å². The first-order chi connectivity index (χ1) is 18.6. The smallest absolute Gasteiger partial charge is 0.390 e. The lowest BCUT2D eigenvalue weighted by Gasteiger charge is -2.32. The van der Waals surface area contributed by atoms with E-state index in [1.54, 1.807) is 6.92 Å². The van der Waals surface area contributed by atoms with Crippen LogP contribution in [0.3, 0.4) is 0 Å². The SMILES string of the molecule is Cc1ncc(/C(CO)=N/Oc2ccnc(C(F)(F)F)n2)c(C2CCN(C(=O)Cc3c(F)cccc3F)CC2)n1. The molecule has 39 heavy (non-hydrogen) atoms. The molecule has 0 saturated carbocycles. The number of rotatable bonds is 7. The number of carbonyl (C=O) groups excluding carboxylic acids is 1. The number of carbonyl (C=O) groups is 1. The first kappa shape index (κ1) is 28.0. The zero-order valence-corrected chi connectivity index (χ0v) is 20.6. The maximum atomic E-state index is 14.0. The van der Waals surface area contributed by atoms with Crippen LogP contribution in [-0.4, -0.2) is 61.3 Å². The van der Waals surface area contributed by atoms with Gasteiger partial charge in [0.15, 0.2) is 0 Å². The maximum Gasteiger partial charge on any atom is 0.451 e. The third kappa shape index (κ3) is 6.69. The topological polar surface area (TPSA) is 114 Å². The molecule has 3 aromatic rings. The monoisotopic (exact) mass is 550 g/mol. The summed E-state index contributed by atoms with van der Waals surface area (Å²) in [4.78, 5) is 34.3. The van der Waals surface area contributed by atoms with Gasteiger partial charge in [0, 0.05) is 48.6 Å². The van der Waals surface area contributed by atoms with Crippen molar-refractivity contribution in [1.82, 2.24) is 24.8 Å². The molecule has 0 radical (unpaired) electrons. The summed E-state index contributed by atoms with van der Waals surface area (Å²) < 4.78 is 66.6. The number of oxime groups is 1. The van der Waals surface area contributed by atoms with Gasteiger partial charge in [-0.2, -0.15) is 18.2 Å². The Balaban J connectivity index is 1.49. The van der Waals surface area contributed by atoms with Crippen molar-refractivity contribution >= 4 is 11.6 Å². The predicted molar refractivity (Wildman–Crippen MR) is 127 cm³/mol. The van der Waals surface area contributed by atoms with Gasteiger partial charge in [0.1, 0.15) is 23.2 Å². The van der Waals surface area contributed by atoms with Gasteiger partial charge in [0.2, 0.25) is 11.7 Å². The molecule has 3 heterocycles. The third-order valence-electron chi connectivity index (χ3n) is 6.16. The molecule has 1 fully saturated rings. The van der Waals surface area contributed by atoms with Crippen LogP contribution in [0.15, 0.2) is 41.8 Å². The van der Waals surface area contributed by atoms with Crippen LogP contribution in [-0.2, 0) is 17.4 Å². The van der Waals surface area contributed by atoms with Gasteiger partial charge in [-0.25, -0.2) is 23.7 Å². The molecular formula is C25H23F5N6O3. The minimum Gasteiger partial charge on any atom is -0.390 e. The molecule has 0 atom stereocenters. The summed E-state index contributed by atoms with van der Waals surface area (Å²) in [6.07, 6.45) is -1.98. The zero-order chi connectivity index (χ0) is 28.2. The van der Waals surface area contributed by atoms with E-state index in [2.05, 4.69) is 25.1 Å². The number of hydrogen-bond donors (Lipinski definition) is 1. The number of benzene rings is 1. The van der Waals surface area contributed by atoms with E-state index >= 15 is 0 Å². The highest BCUT2D eigenvalue weighted by molar-refractivity contribution is 6.02. The van der Waals surface area contributed by atoms with Crippen molar-refractivity contribution in [3.05, 3.63) is 76.8 Å². The molecule has 4 rings (SSSR count). The van der Waals surface area contributed by atoms with E-state index in [1.165, 1.54) is 17.2 Å². The second-order valence-electron chi connectivity index (χ2n) is 8.75. The number of amides is 1. The molecule has 9 nitrogen and oxygen atoms in total. The predicted octanol–water partition coefficient (Wildman–Crippen LogP) is 3.60. The van der Waals surface area contributed by atoms with Gasteiger partial charge in [0.05, 0.1) is 18.7 Å². The molecule has 14 heteroatoms. The highest BCUT2D eigenvalue weighted by Crippen LogP contribution is 2.30. The fraction of sp³-hybridized carbons (Fsp3) is 0.360. The number of piperidine rings is 1. The van der Waals surface area contributed by atoms with E-state index in [0.717, 1.165) is 24.4 Å². The van der Waals surface area contributed by atoms with E-state index in [4.69, 9.17) is 4.84 Å². The third-order valence-corrected chi connectivity index (χ3v) is 6.16. The molecule has 0 bridgehead atoms. The lowest BCUT2D eigenvalue weighted by atomic mass is 9.89. The highest BCUT2D eigenvalue weighted by Gasteiger charge is 2.35. The fourth-order valence-electron chi connectivity index (χ4n) is 4.18. The van der Waals surface area contributed by atoms with Crippen LogP contribution < -0.4 is 4.84 Å². The molecule has 1 aliphatic rings. The largest absolute Gasteiger partial charge is 0.451 e. The van der Waals surface area contributed by atoms with Crippen molar-refractivity contribution in [2.45, 2.75) is 38.3 Å². The Labute approximate surface area is 219 Å². The van der Waals surface area contributed by atoms with Crippen LogP contribution in [0, 0.1) is 18.6 Å². The number of nitrogens with zero attached hydrogens (tertiary/aromatic N) is 6. The molecular weight excluding hydrogens is 527 g/mol. The average Bonchev–Trinajstić information content (AvgIpc) is 2.91. The Kier molecular flexibility index (Phi) is 8.43. The van der Waals surface area contributed by atoms with Gasteiger partial charge in [0.25, 0.3) is 5.88 Å². The fourth-order valence-corrected chi connectivity index (χ4v) is 4.18. The summed E-state index contributed by atoms with van der Waals surface area (Å²) in [5.74, 6) is -3.61. The molecule has 1 amide bonds. The first-order valence-corrected chi connectivity index (χ1v) is 11.9. The van der Waals surface area contributed by atoms with Crippen molar-refractivity contribution in [2.24, 2.45) is 5.16 Å². The van der Waals surface area contributed by atoms with Crippen LogP contribution in [0.2, 0.25) is 0 Å². The van der Waals surface area contributed by atoms with Crippen LogP contribution in [0.5, 0.6) is 5.88 Å². The van der Waals surface area contributed by atoms with Gasteiger partial charge < -0.3 is 14.8 Å². The molecule has 0 aliphatic carbocycles. The summed E-state index contributed by atoms with van der Waals surface area (Å²) >= 11 is 0. The summed E-state index contributed by atoms with van der Waals surface area (Å²) in [5, 5.41) is 13.7. The Morgan fingerprint density at radius 2 is 1.82 bits per heavy atom. The molecule has 206 valence electrons. The van der Waals surface area contributed by atoms with E-state index in [0.29, 0.717) is 43.0 Å². The molecule has 1 aliphatic heterocycles. The number of aryl methyl sites for hydroxylation is 1. The van der Waals surface area contributed by atoms with Gasteiger partial charge in [-0.05, 0) is 31.9 Å². The van der Waals surface area contributed by atoms with Crippen molar-refractivity contribution in [3.8, 4) is 5.88 Å². The second-order valence-corrected chi connectivity index (χ2v) is 8.75. The number of halogens is 5. The molecule has 1 saturated heterocycles. The lowest BCUT2D eigenvalue weighted by Crippen LogP contribution is -2.39. The molecule has 1 aromatic carbocycles. The molecule has 1 N–H and O–H groups in total. The zero-order valence-electron chi connectivity index (χ0n) is 20.6. The van der Waals surface area contributed by atoms with Crippen molar-refractivity contribution in [2.75, 3.05) is 19.7 Å². The van der Waals surface area contributed by atoms with Gasteiger partial charge in [-0.3, -0.25) is 4.79 Å². The number of likely N-dealkylation sites (tertiary alicyclic amines) is 1. The van der Waals surface area contributed by atoms with Crippen LogP contribution in [0.25, 0.3) is 0 Å². The maximum absolute atomic E-state index is 14.0. The number of aromatic nitrogens is 4. The summed E-state index contributed by atoms with van der Waals surface area (Å²) in [6.45, 7) is 1.62. The minimum absolute atomic E-state index is 0.0364. The highest BCUT2D eigenvalue weighted by atomic mass is 19.4. The molecule has 2 aromatic heterocycles. The summed E-state index contributed by atoms with van der Waals surface area (Å²) in [5.41, 5.74) is 0.523. The summed E-state index contributed by atoms with van der Waals surface area (Å²) in [6, 6.07) is 4.51. The number of alkyl halides is 3. The lowest BCUT2D eigenvalue weighted by molar-refractivity contribution is -0.145. The van der Waals surface area contributed by atoms with Crippen LogP contribution >= 0.6 is 0 Å². The Hall–Kier alpha value is -4.07. The van der Waals surface area contributed by atoms with Crippen molar-refractivity contribution < 1.29 is 36.7 Å². The van der Waals surface area contributed by atoms with E-state index in [1.807, 2.05) is 0 Å². The average molecular weight is 550 g/mol. The standard InChI is InChI=1S/C25H23F5N6O3/c1-14-32-12-17(20(13-37)35-39-21-5-8-31-24(34-21)25(28,29)30)23(33-14)15-6-9-36(10-7-15)22(38)11-16-18(26)3-2-4-19(16)27/h2-5,8,12,15,37H,6-7,9-11,13H2,1H3/b35-20+. The minimum atomic E-state index is -4.78. The quantitative estimate of drug-likeness (QED) is 0.272. The Bertz CT molecular complexity index is 1360. The Morgan fingerprint density at radius 3 is 2.46 bits per heavy atom. The van der Waals surface area contributed by atoms with Crippen LogP contribution in [0.1, 0.15) is 47.2 Å². The summed E-state index contributed by atoms with van der Waals surface area (Å²) in [7, 11) is 0. The molecule has 0 spiro atoms. The number of hydrogen-bond acceptors (Lipinski definition) is 8. The van der Waals surface area contributed by atoms with E-state index < -0.39 is 48.5 Å². The van der Waals surface area contributed by atoms with Crippen LogP contribution in [0.4, 0.5) is 22.0 Å². The van der Waals surface area contributed by atoms with E-state index in [-0.39, 0.29) is 17.2 Å². The van der Waals surface area contributed by atoms with Crippen molar-refractivity contribution in [1.29, 1.82) is 0 Å². The van der Waals surface area contributed by atoms with Gasteiger partial charge >= 0.3 is 6.18 Å². The number of aliphatic hydroxyl groups is 1. The second kappa shape index (κ2) is 11.8.